The first-order chi connectivity index (χ1) is 15.7. The minimum atomic E-state index is -0.367. The van der Waals surface area contributed by atoms with Gasteiger partial charge < -0.3 is 14.2 Å². The summed E-state index contributed by atoms with van der Waals surface area (Å²) in [5.41, 5.74) is 1.95. The molecule has 4 aromatic rings. The average Bonchev–Trinajstić information content (AvgIpc) is 3.50. The van der Waals surface area contributed by atoms with Crippen LogP contribution in [0.2, 0.25) is 0 Å². The number of carbonyl (C=O) groups excluding carboxylic acids is 1. The minimum Gasteiger partial charge on any atom is -0.488 e. The van der Waals surface area contributed by atoms with Gasteiger partial charge >= 0.3 is 0 Å². The van der Waals surface area contributed by atoms with Gasteiger partial charge in [-0.25, -0.2) is 4.39 Å². The summed E-state index contributed by atoms with van der Waals surface area (Å²) in [7, 11) is 0. The van der Waals surface area contributed by atoms with Gasteiger partial charge in [0.05, 0.1) is 12.1 Å². The molecule has 1 saturated heterocycles. The maximum atomic E-state index is 13.1. The molecule has 1 fully saturated rings. The Hall–Kier alpha value is -4.07. The highest BCUT2D eigenvalue weighted by molar-refractivity contribution is 5.94. The second-order valence-corrected chi connectivity index (χ2v) is 7.44. The summed E-state index contributed by atoms with van der Waals surface area (Å²) >= 11 is 0. The molecule has 1 unspecified atom stereocenters. The smallest absolute Gasteiger partial charge is 0.262 e. The van der Waals surface area contributed by atoms with E-state index in [1.54, 1.807) is 17.3 Å². The van der Waals surface area contributed by atoms with Crippen LogP contribution in [0.4, 0.5) is 4.39 Å². The molecule has 3 heterocycles. The standard InChI is InChI=1S/C24H19FN4O3/c25-18-7-5-17(6-8-18)24(30)29-14-11-19(15-29)31-21-4-2-1-3-20(21)23-27-22(28-32-23)16-9-12-26-13-10-16/h1-10,12-13,19H,11,14-15H2. The first-order valence-electron chi connectivity index (χ1n) is 10.2. The van der Waals surface area contributed by atoms with E-state index in [1.807, 2.05) is 36.4 Å². The largest absolute Gasteiger partial charge is 0.488 e. The van der Waals surface area contributed by atoms with E-state index in [-0.39, 0.29) is 17.8 Å². The summed E-state index contributed by atoms with van der Waals surface area (Å²) in [5.74, 6) is 0.925. The average molecular weight is 430 g/mol. The fourth-order valence-corrected chi connectivity index (χ4v) is 3.66. The highest BCUT2D eigenvalue weighted by Gasteiger charge is 2.29. The molecule has 1 atom stereocenters. The lowest BCUT2D eigenvalue weighted by molar-refractivity contribution is 0.0772. The molecule has 8 heteroatoms. The van der Waals surface area contributed by atoms with Gasteiger partial charge in [-0.05, 0) is 48.5 Å². The molecular weight excluding hydrogens is 411 g/mol. The highest BCUT2D eigenvalue weighted by atomic mass is 19.1. The van der Waals surface area contributed by atoms with Crippen molar-refractivity contribution in [2.24, 2.45) is 0 Å². The van der Waals surface area contributed by atoms with Crippen molar-refractivity contribution >= 4 is 5.91 Å². The number of hydrogen-bond acceptors (Lipinski definition) is 6. The van der Waals surface area contributed by atoms with Gasteiger partial charge in [-0.1, -0.05) is 17.3 Å². The van der Waals surface area contributed by atoms with E-state index in [4.69, 9.17) is 9.26 Å². The Morgan fingerprint density at radius 3 is 2.66 bits per heavy atom. The Morgan fingerprint density at radius 2 is 1.84 bits per heavy atom. The van der Waals surface area contributed by atoms with Crippen LogP contribution in [0.3, 0.4) is 0 Å². The Labute approximate surface area is 183 Å². The zero-order chi connectivity index (χ0) is 21.9. The van der Waals surface area contributed by atoms with Gasteiger partial charge in [-0.2, -0.15) is 4.98 Å². The van der Waals surface area contributed by atoms with E-state index in [0.29, 0.717) is 48.1 Å². The van der Waals surface area contributed by atoms with Gasteiger partial charge in [0.1, 0.15) is 17.7 Å². The topological polar surface area (TPSA) is 81.4 Å². The molecular formula is C24H19FN4O3. The predicted molar refractivity (Wildman–Crippen MR) is 114 cm³/mol. The Kier molecular flexibility index (Phi) is 5.33. The molecule has 1 amide bonds. The lowest BCUT2D eigenvalue weighted by Gasteiger charge is -2.18. The molecule has 1 aliphatic heterocycles. The van der Waals surface area contributed by atoms with Crippen molar-refractivity contribution < 1.29 is 18.4 Å². The zero-order valence-corrected chi connectivity index (χ0v) is 17.0. The number of ether oxygens (including phenoxy) is 1. The first-order valence-corrected chi connectivity index (χ1v) is 10.2. The van der Waals surface area contributed by atoms with E-state index >= 15 is 0 Å². The molecule has 0 spiro atoms. The van der Waals surface area contributed by atoms with Crippen LogP contribution in [0, 0.1) is 5.82 Å². The third-order valence-electron chi connectivity index (χ3n) is 5.30. The molecule has 1 aliphatic rings. The van der Waals surface area contributed by atoms with Crippen LogP contribution in [0.15, 0.2) is 77.6 Å². The van der Waals surface area contributed by atoms with Gasteiger partial charge in [-0.15, -0.1) is 0 Å². The fourth-order valence-electron chi connectivity index (χ4n) is 3.66. The molecule has 0 N–H and O–H groups in total. The zero-order valence-electron chi connectivity index (χ0n) is 17.0. The molecule has 0 radical (unpaired) electrons. The van der Waals surface area contributed by atoms with Gasteiger partial charge in [0.15, 0.2) is 0 Å². The molecule has 0 saturated carbocycles. The van der Waals surface area contributed by atoms with Crippen LogP contribution < -0.4 is 4.74 Å². The van der Waals surface area contributed by atoms with E-state index in [0.717, 1.165) is 5.56 Å². The van der Waals surface area contributed by atoms with E-state index in [9.17, 15) is 9.18 Å². The molecule has 160 valence electrons. The van der Waals surface area contributed by atoms with Gasteiger partial charge in [0, 0.05) is 36.5 Å². The van der Waals surface area contributed by atoms with Crippen LogP contribution in [0.1, 0.15) is 16.8 Å². The number of pyridine rings is 1. The number of benzene rings is 2. The number of aromatic nitrogens is 3. The number of rotatable bonds is 5. The summed E-state index contributed by atoms with van der Waals surface area (Å²) in [6.45, 7) is 1.01. The lowest BCUT2D eigenvalue weighted by Crippen LogP contribution is -2.31. The number of nitrogens with zero attached hydrogens (tertiary/aromatic N) is 4. The van der Waals surface area contributed by atoms with E-state index in [2.05, 4.69) is 15.1 Å². The summed E-state index contributed by atoms with van der Waals surface area (Å²) in [6, 6.07) is 16.6. The third kappa shape index (κ3) is 4.07. The van der Waals surface area contributed by atoms with Crippen molar-refractivity contribution in [3.05, 3.63) is 84.4 Å². The van der Waals surface area contributed by atoms with Crippen LogP contribution in [-0.2, 0) is 0 Å². The van der Waals surface area contributed by atoms with Crippen LogP contribution in [0.5, 0.6) is 5.75 Å². The SMILES string of the molecule is O=C(c1ccc(F)cc1)N1CCC(Oc2ccccc2-c2nc(-c3ccncc3)no2)C1. The monoisotopic (exact) mass is 430 g/mol. The van der Waals surface area contributed by atoms with Crippen molar-refractivity contribution in [2.45, 2.75) is 12.5 Å². The summed E-state index contributed by atoms with van der Waals surface area (Å²) in [5, 5.41) is 4.06. The first kappa shape index (κ1) is 19.9. The van der Waals surface area contributed by atoms with Gasteiger partial charge in [0.25, 0.3) is 11.8 Å². The number of halogens is 1. The number of amides is 1. The molecule has 2 aromatic carbocycles. The van der Waals surface area contributed by atoms with E-state index < -0.39 is 0 Å². The second kappa shape index (κ2) is 8.58. The van der Waals surface area contributed by atoms with Crippen molar-refractivity contribution in [3.8, 4) is 28.6 Å². The highest BCUT2D eigenvalue weighted by Crippen LogP contribution is 2.32. The molecule has 7 nitrogen and oxygen atoms in total. The fraction of sp³-hybridized carbons (Fsp3) is 0.167. The normalized spacial score (nSPS) is 15.7. The molecule has 0 bridgehead atoms. The Balaban J connectivity index is 1.31. The van der Waals surface area contributed by atoms with Gasteiger partial charge in [0.2, 0.25) is 5.82 Å². The van der Waals surface area contributed by atoms with Crippen LogP contribution in [0.25, 0.3) is 22.8 Å². The minimum absolute atomic E-state index is 0.136. The van der Waals surface area contributed by atoms with E-state index in [1.165, 1.54) is 24.3 Å². The third-order valence-corrected chi connectivity index (χ3v) is 5.30. The van der Waals surface area contributed by atoms with Gasteiger partial charge in [-0.3, -0.25) is 9.78 Å². The molecule has 0 aliphatic carbocycles. The van der Waals surface area contributed by atoms with Crippen molar-refractivity contribution in [1.82, 2.24) is 20.0 Å². The summed E-state index contributed by atoms with van der Waals surface area (Å²) in [6.07, 6.45) is 3.85. The maximum absolute atomic E-state index is 13.1. The molecule has 32 heavy (non-hydrogen) atoms. The molecule has 5 rings (SSSR count). The van der Waals surface area contributed by atoms with Crippen molar-refractivity contribution in [1.29, 1.82) is 0 Å². The maximum Gasteiger partial charge on any atom is 0.262 e. The van der Waals surface area contributed by atoms with Crippen molar-refractivity contribution in [3.63, 3.8) is 0 Å². The predicted octanol–water partition coefficient (Wildman–Crippen LogP) is 4.23. The Bertz CT molecular complexity index is 1230. The van der Waals surface area contributed by atoms with Crippen LogP contribution in [-0.4, -0.2) is 45.1 Å². The van der Waals surface area contributed by atoms with Crippen LogP contribution >= 0.6 is 0 Å². The Morgan fingerprint density at radius 1 is 1.06 bits per heavy atom. The molecule has 2 aromatic heterocycles. The summed E-state index contributed by atoms with van der Waals surface area (Å²) in [4.78, 5) is 22.9. The number of likely N-dealkylation sites (tertiary alicyclic amines) is 1. The number of para-hydroxylation sites is 1. The summed E-state index contributed by atoms with van der Waals surface area (Å²) < 4.78 is 24.8. The lowest BCUT2D eigenvalue weighted by atomic mass is 10.2. The van der Waals surface area contributed by atoms with Crippen molar-refractivity contribution in [2.75, 3.05) is 13.1 Å². The number of hydrogen-bond donors (Lipinski definition) is 0. The number of carbonyl (C=O) groups is 1. The quantitative estimate of drug-likeness (QED) is 0.471. The second-order valence-electron chi connectivity index (χ2n) is 7.44.